The van der Waals surface area contributed by atoms with E-state index < -0.39 is 0 Å². The molecule has 0 bridgehead atoms. The Morgan fingerprint density at radius 2 is 1.67 bits per heavy atom. The molecule has 4 nitrogen and oxygen atoms in total. The number of halogens is 1. The predicted molar refractivity (Wildman–Crippen MR) is 128 cm³/mol. The zero-order valence-corrected chi connectivity index (χ0v) is 18.2. The summed E-state index contributed by atoms with van der Waals surface area (Å²) in [5.74, 6) is 1.29. The van der Waals surface area contributed by atoms with E-state index in [0.29, 0.717) is 16.6 Å². The summed E-state index contributed by atoms with van der Waals surface area (Å²) in [6, 6.07) is 25.9. The van der Waals surface area contributed by atoms with Gasteiger partial charge in [-0.1, -0.05) is 65.8 Å². The first-order valence-electron chi connectivity index (χ1n) is 9.36. The molecule has 5 aromatic rings. The molecular weight excluding hydrogens is 432 g/mol. The summed E-state index contributed by atoms with van der Waals surface area (Å²) in [4.78, 5) is 4.73. The van der Waals surface area contributed by atoms with Crippen molar-refractivity contribution < 1.29 is 0 Å². The molecule has 0 saturated heterocycles. The van der Waals surface area contributed by atoms with Crippen LogP contribution >= 0.6 is 34.7 Å². The largest absolute Gasteiger partial charge is 0.383 e. The Kier molecular flexibility index (Phi) is 5.21. The number of anilines is 1. The van der Waals surface area contributed by atoms with Gasteiger partial charge >= 0.3 is 0 Å². The summed E-state index contributed by atoms with van der Waals surface area (Å²) in [6.07, 6.45) is 0. The quantitative estimate of drug-likeness (QED) is 0.305. The van der Waals surface area contributed by atoms with Crippen molar-refractivity contribution >= 4 is 50.7 Å². The van der Waals surface area contributed by atoms with Gasteiger partial charge in [0, 0.05) is 16.3 Å². The SMILES string of the molecule is Nc1c(-c2ccccc2)c(CSc2nc3ccccc3s2)nn1-c1ccc(Cl)cc1. The van der Waals surface area contributed by atoms with Crippen LogP contribution in [0.25, 0.3) is 27.0 Å². The molecule has 0 radical (unpaired) electrons. The molecule has 3 aromatic carbocycles. The molecule has 5 rings (SSSR count). The van der Waals surface area contributed by atoms with Crippen LogP contribution in [-0.2, 0) is 5.75 Å². The van der Waals surface area contributed by atoms with Gasteiger partial charge in [0.25, 0.3) is 0 Å². The highest BCUT2D eigenvalue weighted by Gasteiger charge is 2.19. The first-order valence-corrected chi connectivity index (χ1v) is 11.5. The number of nitrogen functional groups attached to an aromatic ring is 1. The van der Waals surface area contributed by atoms with Crippen molar-refractivity contribution in [1.82, 2.24) is 14.8 Å². The number of rotatable bonds is 5. The molecule has 2 N–H and O–H groups in total. The van der Waals surface area contributed by atoms with Crippen molar-refractivity contribution in [2.45, 2.75) is 10.1 Å². The zero-order chi connectivity index (χ0) is 20.5. The number of nitrogens with zero attached hydrogens (tertiary/aromatic N) is 3. The van der Waals surface area contributed by atoms with Gasteiger partial charge in [0.1, 0.15) is 5.82 Å². The summed E-state index contributed by atoms with van der Waals surface area (Å²) in [7, 11) is 0. The van der Waals surface area contributed by atoms with E-state index in [1.54, 1.807) is 27.8 Å². The number of thioether (sulfide) groups is 1. The number of aromatic nitrogens is 3. The first-order chi connectivity index (χ1) is 14.7. The molecule has 7 heteroatoms. The summed E-state index contributed by atoms with van der Waals surface area (Å²) >= 11 is 9.43. The number of hydrogen-bond acceptors (Lipinski definition) is 5. The molecule has 2 heterocycles. The van der Waals surface area contributed by atoms with Crippen molar-refractivity contribution in [2.75, 3.05) is 5.73 Å². The van der Waals surface area contributed by atoms with Gasteiger partial charge < -0.3 is 5.73 Å². The third-order valence-corrected chi connectivity index (χ3v) is 7.18. The lowest BCUT2D eigenvalue weighted by atomic mass is 10.1. The third kappa shape index (κ3) is 3.69. The summed E-state index contributed by atoms with van der Waals surface area (Å²) in [5.41, 5.74) is 11.4. The Morgan fingerprint density at radius 3 is 2.43 bits per heavy atom. The van der Waals surface area contributed by atoms with Crippen LogP contribution in [0.5, 0.6) is 0 Å². The molecule has 0 spiro atoms. The summed E-state index contributed by atoms with van der Waals surface area (Å²) in [5, 5.41) is 5.54. The summed E-state index contributed by atoms with van der Waals surface area (Å²) in [6.45, 7) is 0. The standard InChI is InChI=1S/C23H17ClN4S2/c24-16-10-12-17(13-11-16)28-22(25)21(15-6-2-1-3-7-15)19(27-28)14-29-23-26-18-8-4-5-9-20(18)30-23/h1-13H,14,25H2. The number of nitrogens with two attached hydrogens (primary N) is 1. The van der Waals surface area contributed by atoms with E-state index in [9.17, 15) is 0 Å². The molecule has 0 aliphatic carbocycles. The molecule has 148 valence electrons. The molecule has 0 saturated carbocycles. The average molecular weight is 449 g/mol. The monoisotopic (exact) mass is 448 g/mol. The van der Waals surface area contributed by atoms with E-state index in [0.717, 1.165) is 32.4 Å². The van der Waals surface area contributed by atoms with Crippen LogP contribution in [0.2, 0.25) is 5.02 Å². The lowest BCUT2D eigenvalue weighted by Gasteiger charge is -2.05. The zero-order valence-electron chi connectivity index (χ0n) is 15.8. The van der Waals surface area contributed by atoms with Crippen LogP contribution in [0.15, 0.2) is 83.2 Å². The second kappa shape index (κ2) is 8.14. The molecule has 30 heavy (non-hydrogen) atoms. The Balaban J connectivity index is 1.53. The highest BCUT2D eigenvalue weighted by atomic mass is 35.5. The topological polar surface area (TPSA) is 56.7 Å². The van der Waals surface area contributed by atoms with Gasteiger partial charge in [0.05, 0.1) is 21.6 Å². The molecule has 0 aliphatic heterocycles. The van der Waals surface area contributed by atoms with Crippen molar-refractivity contribution in [3.8, 4) is 16.8 Å². The molecule has 0 aliphatic rings. The second-order valence-corrected chi connectivity index (χ2v) is 9.39. The van der Waals surface area contributed by atoms with E-state index >= 15 is 0 Å². The Bertz CT molecular complexity index is 1280. The molecule has 0 amide bonds. The fraction of sp³-hybridized carbons (Fsp3) is 0.0435. The third-order valence-electron chi connectivity index (χ3n) is 4.73. The fourth-order valence-electron chi connectivity index (χ4n) is 3.32. The normalized spacial score (nSPS) is 11.2. The van der Waals surface area contributed by atoms with E-state index in [-0.39, 0.29) is 0 Å². The second-order valence-electron chi connectivity index (χ2n) is 6.70. The average Bonchev–Trinajstić information content (AvgIpc) is 3.34. The number of fused-ring (bicyclic) bond motifs is 1. The van der Waals surface area contributed by atoms with Gasteiger partial charge in [0.15, 0.2) is 4.34 Å². The maximum Gasteiger partial charge on any atom is 0.151 e. The lowest BCUT2D eigenvalue weighted by Crippen LogP contribution is -2.02. The lowest BCUT2D eigenvalue weighted by molar-refractivity contribution is 0.869. The van der Waals surface area contributed by atoms with Crippen LogP contribution in [0.1, 0.15) is 5.69 Å². The van der Waals surface area contributed by atoms with Crippen molar-refractivity contribution in [3.63, 3.8) is 0 Å². The van der Waals surface area contributed by atoms with E-state index in [1.165, 1.54) is 4.70 Å². The van der Waals surface area contributed by atoms with Gasteiger partial charge in [-0.15, -0.1) is 11.3 Å². The summed E-state index contributed by atoms with van der Waals surface area (Å²) < 4.78 is 4.00. The molecular formula is C23H17ClN4S2. The minimum Gasteiger partial charge on any atom is -0.383 e. The number of para-hydroxylation sites is 1. The fourth-order valence-corrected chi connectivity index (χ4v) is 5.45. The van der Waals surface area contributed by atoms with Crippen LogP contribution in [0.4, 0.5) is 5.82 Å². The maximum atomic E-state index is 6.58. The minimum atomic E-state index is 0.614. The predicted octanol–water partition coefficient (Wildman–Crippen LogP) is 6.68. The Labute approximate surface area is 187 Å². The highest BCUT2D eigenvalue weighted by Crippen LogP contribution is 2.37. The van der Waals surface area contributed by atoms with Crippen molar-refractivity contribution in [1.29, 1.82) is 0 Å². The number of benzene rings is 3. The van der Waals surface area contributed by atoms with Gasteiger partial charge in [-0.05, 0) is 42.0 Å². The van der Waals surface area contributed by atoms with Gasteiger partial charge in [-0.25, -0.2) is 9.67 Å². The first kappa shape index (κ1) is 19.2. The number of hydrogen-bond donors (Lipinski definition) is 1. The van der Waals surface area contributed by atoms with E-state index in [1.807, 2.05) is 60.7 Å². The van der Waals surface area contributed by atoms with Crippen LogP contribution < -0.4 is 5.73 Å². The molecule has 2 aromatic heterocycles. The van der Waals surface area contributed by atoms with E-state index in [4.69, 9.17) is 27.4 Å². The van der Waals surface area contributed by atoms with Crippen molar-refractivity contribution in [2.24, 2.45) is 0 Å². The Hall–Kier alpha value is -2.80. The van der Waals surface area contributed by atoms with Gasteiger partial charge in [-0.2, -0.15) is 5.10 Å². The van der Waals surface area contributed by atoms with Crippen LogP contribution in [0, 0.1) is 0 Å². The minimum absolute atomic E-state index is 0.614. The Morgan fingerprint density at radius 1 is 0.933 bits per heavy atom. The molecule has 0 fully saturated rings. The number of thiazole rings is 1. The van der Waals surface area contributed by atoms with Gasteiger partial charge in [0.2, 0.25) is 0 Å². The smallest absolute Gasteiger partial charge is 0.151 e. The van der Waals surface area contributed by atoms with Gasteiger partial charge in [-0.3, -0.25) is 0 Å². The molecule has 0 unspecified atom stereocenters. The van der Waals surface area contributed by atoms with Crippen molar-refractivity contribution in [3.05, 3.63) is 89.6 Å². The maximum absolute atomic E-state index is 6.58. The van der Waals surface area contributed by atoms with E-state index in [2.05, 4.69) is 18.2 Å². The highest BCUT2D eigenvalue weighted by molar-refractivity contribution is 8.00. The van der Waals surface area contributed by atoms with Crippen LogP contribution in [0.3, 0.4) is 0 Å². The van der Waals surface area contributed by atoms with Crippen LogP contribution in [-0.4, -0.2) is 14.8 Å². The molecule has 0 atom stereocenters.